The quantitative estimate of drug-likeness (QED) is 0.829. The van der Waals surface area contributed by atoms with Crippen LogP contribution in [0, 0.1) is 6.92 Å². The van der Waals surface area contributed by atoms with Gasteiger partial charge in [0.25, 0.3) is 0 Å². The van der Waals surface area contributed by atoms with E-state index in [1.54, 1.807) is 12.1 Å². The van der Waals surface area contributed by atoms with Crippen molar-refractivity contribution >= 4 is 0 Å². The average Bonchev–Trinajstić information content (AvgIpc) is 2.30. The van der Waals surface area contributed by atoms with Crippen LogP contribution in [-0.4, -0.2) is 15.8 Å². The Balaban J connectivity index is 2.49. The van der Waals surface area contributed by atoms with Crippen LogP contribution in [0.5, 0.6) is 11.5 Å². The molecule has 0 bridgehead atoms. The summed E-state index contributed by atoms with van der Waals surface area (Å²) in [6, 6.07) is 3.27. The molecule has 3 nitrogen and oxygen atoms in total. The van der Waals surface area contributed by atoms with E-state index < -0.39 is 6.10 Å². The van der Waals surface area contributed by atoms with Crippen molar-refractivity contribution in [2.75, 3.05) is 0 Å². The van der Waals surface area contributed by atoms with E-state index in [0.717, 1.165) is 24.2 Å². The Labute approximate surface area is 102 Å². The second-order valence-electron chi connectivity index (χ2n) is 4.89. The molecule has 1 heterocycles. The number of hydrogen-bond donors (Lipinski definition) is 2. The Hall–Kier alpha value is -1.22. The zero-order chi connectivity index (χ0) is 12.6. The summed E-state index contributed by atoms with van der Waals surface area (Å²) in [6.07, 6.45) is 1.79. The largest absolute Gasteiger partial charge is 0.508 e. The first-order chi connectivity index (χ1) is 8.01. The summed E-state index contributed by atoms with van der Waals surface area (Å²) in [5.41, 5.74) is 1.32. The third kappa shape index (κ3) is 2.00. The van der Waals surface area contributed by atoms with Crippen LogP contribution < -0.4 is 4.74 Å². The molecular weight excluding hydrogens is 216 g/mol. The molecule has 0 radical (unpaired) electrons. The van der Waals surface area contributed by atoms with Crippen molar-refractivity contribution in [3.05, 3.63) is 23.3 Å². The molecule has 1 aromatic rings. The number of aryl methyl sites for hydroxylation is 1. The van der Waals surface area contributed by atoms with Crippen LogP contribution >= 0.6 is 0 Å². The minimum atomic E-state index is -0.551. The SMILES string of the molecule is CCC1(CC)CC(O)c2cc(O)cc(C)c2O1. The maximum atomic E-state index is 10.2. The fourth-order valence-electron chi connectivity index (χ4n) is 2.57. The van der Waals surface area contributed by atoms with Crippen molar-refractivity contribution in [2.24, 2.45) is 0 Å². The van der Waals surface area contributed by atoms with Crippen LogP contribution in [0.15, 0.2) is 12.1 Å². The lowest BCUT2D eigenvalue weighted by Crippen LogP contribution is -2.40. The van der Waals surface area contributed by atoms with Gasteiger partial charge in [-0.05, 0) is 37.5 Å². The van der Waals surface area contributed by atoms with Gasteiger partial charge in [0.15, 0.2) is 0 Å². The first kappa shape index (κ1) is 12.2. The second-order valence-corrected chi connectivity index (χ2v) is 4.89. The summed E-state index contributed by atoms with van der Waals surface area (Å²) in [7, 11) is 0. The molecule has 1 atom stereocenters. The molecule has 2 N–H and O–H groups in total. The minimum absolute atomic E-state index is 0.185. The summed E-state index contributed by atoms with van der Waals surface area (Å²) >= 11 is 0. The van der Waals surface area contributed by atoms with E-state index in [1.165, 1.54) is 0 Å². The highest BCUT2D eigenvalue weighted by atomic mass is 16.5. The topological polar surface area (TPSA) is 49.7 Å². The van der Waals surface area contributed by atoms with Crippen molar-refractivity contribution < 1.29 is 14.9 Å². The molecule has 3 heteroatoms. The molecule has 0 spiro atoms. The van der Waals surface area contributed by atoms with Gasteiger partial charge in [0.1, 0.15) is 17.1 Å². The monoisotopic (exact) mass is 236 g/mol. The van der Waals surface area contributed by atoms with Gasteiger partial charge in [-0.25, -0.2) is 0 Å². The lowest BCUT2D eigenvalue weighted by Gasteiger charge is -2.40. The summed E-state index contributed by atoms with van der Waals surface area (Å²) in [5, 5.41) is 19.8. The number of benzene rings is 1. The average molecular weight is 236 g/mol. The first-order valence-corrected chi connectivity index (χ1v) is 6.22. The van der Waals surface area contributed by atoms with Gasteiger partial charge in [0.05, 0.1) is 6.10 Å². The van der Waals surface area contributed by atoms with Gasteiger partial charge in [0, 0.05) is 12.0 Å². The van der Waals surface area contributed by atoms with Crippen molar-refractivity contribution in [1.82, 2.24) is 0 Å². The normalized spacial score (nSPS) is 21.8. The molecule has 1 unspecified atom stereocenters. The Morgan fingerprint density at radius 3 is 2.59 bits per heavy atom. The van der Waals surface area contributed by atoms with Crippen LogP contribution in [0.2, 0.25) is 0 Å². The fraction of sp³-hybridized carbons (Fsp3) is 0.571. The number of phenolic OH excluding ortho intramolecular Hbond substituents is 1. The molecule has 0 amide bonds. The van der Waals surface area contributed by atoms with Crippen LogP contribution in [0.25, 0.3) is 0 Å². The number of ether oxygens (including phenoxy) is 1. The number of aliphatic hydroxyl groups excluding tert-OH is 1. The zero-order valence-electron chi connectivity index (χ0n) is 10.7. The third-order valence-corrected chi connectivity index (χ3v) is 3.82. The maximum absolute atomic E-state index is 10.2. The number of fused-ring (bicyclic) bond motifs is 1. The fourth-order valence-corrected chi connectivity index (χ4v) is 2.57. The van der Waals surface area contributed by atoms with Crippen molar-refractivity contribution in [1.29, 1.82) is 0 Å². The van der Waals surface area contributed by atoms with E-state index in [9.17, 15) is 10.2 Å². The number of hydrogen-bond acceptors (Lipinski definition) is 3. The number of phenols is 1. The van der Waals surface area contributed by atoms with E-state index >= 15 is 0 Å². The van der Waals surface area contributed by atoms with Gasteiger partial charge in [0.2, 0.25) is 0 Å². The maximum Gasteiger partial charge on any atom is 0.129 e. The Kier molecular flexibility index (Phi) is 3.04. The summed E-state index contributed by atoms with van der Waals surface area (Å²) in [6.45, 7) is 6.06. The molecule has 2 rings (SSSR count). The van der Waals surface area contributed by atoms with E-state index in [4.69, 9.17) is 4.74 Å². The molecule has 94 valence electrons. The molecule has 1 aliphatic heterocycles. The molecule has 0 aromatic heterocycles. The van der Waals surface area contributed by atoms with Gasteiger partial charge in [-0.3, -0.25) is 0 Å². The van der Waals surface area contributed by atoms with Gasteiger partial charge < -0.3 is 14.9 Å². The molecule has 0 saturated carbocycles. The predicted molar refractivity (Wildman–Crippen MR) is 66.4 cm³/mol. The van der Waals surface area contributed by atoms with Gasteiger partial charge in [-0.2, -0.15) is 0 Å². The van der Waals surface area contributed by atoms with E-state index in [0.29, 0.717) is 12.0 Å². The molecule has 17 heavy (non-hydrogen) atoms. The third-order valence-electron chi connectivity index (χ3n) is 3.82. The standard InChI is InChI=1S/C14H20O3/c1-4-14(5-2)8-12(16)11-7-10(15)6-9(3)13(11)17-14/h6-7,12,15-16H,4-5,8H2,1-3H3. The lowest BCUT2D eigenvalue weighted by molar-refractivity contribution is -0.0203. The van der Waals surface area contributed by atoms with E-state index in [-0.39, 0.29) is 11.4 Å². The molecule has 0 aliphatic carbocycles. The highest BCUT2D eigenvalue weighted by Crippen LogP contribution is 2.45. The number of aliphatic hydroxyl groups is 1. The Morgan fingerprint density at radius 1 is 1.35 bits per heavy atom. The Morgan fingerprint density at radius 2 is 2.00 bits per heavy atom. The van der Waals surface area contributed by atoms with Crippen LogP contribution in [-0.2, 0) is 0 Å². The molecule has 1 aliphatic rings. The molecular formula is C14H20O3. The van der Waals surface area contributed by atoms with Crippen LogP contribution in [0.1, 0.15) is 50.3 Å². The summed E-state index contributed by atoms with van der Waals surface area (Å²) in [5.74, 6) is 0.926. The number of rotatable bonds is 2. The van der Waals surface area contributed by atoms with Gasteiger partial charge >= 0.3 is 0 Å². The van der Waals surface area contributed by atoms with E-state index in [1.807, 2.05) is 6.92 Å². The highest BCUT2D eigenvalue weighted by molar-refractivity contribution is 5.49. The van der Waals surface area contributed by atoms with Crippen molar-refractivity contribution in [2.45, 2.75) is 51.7 Å². The van der Waals surface area contributed by atoms with E-state index in [2.05, 4.69) is 13.8 Å². The van der Waals surface area contributed by atoms with Gasteiger partial charge in [-0.1, -0.05) is 13.8 Å². The second kappa shape index (κ2) is 4.22. The smallest absolute Gasteiger partial charge is 0.129 e. The minimum Gasteiger partial charge on any atom is -0.508 e. The van der Waals surface area contributed by atoms with Crippen molar-refractivity contribution in [3.8, 4) is 11.5 Å². The molecule has 0 saturated heterocycles. The lowest BCUT2D eigenvalue weighted by atomic mass is 9.84. The summed E-state index contributed by atoms with van der Waals surface area (Å²) < 4.78 is 6.10. The molecule has 0 fully saturated rings. The van der Waals surface area contributed by atoms with Crippen molar-refractivity contribution in [3.63, 3.8) is 0 Å². The summed E-state index contributed by atoms with van der Waals surface area (Å²) in [4.78, 5) is 0. The number of aromatic hydroxyl groups is 1. The van der Waals surface area contributed by atoms with Gasteiger partial charge in [-0.15, -0.1) is 0 Å². The highest BCUT2D eigenvalue weighted by Gasteiger charge is 2.38. The zero-order valence-corrected chi connectivity index (χ0v) is 10.7. The van der Waals surface area contributed by atoms with Crippen LogP contribution in [0.3, 0.4) is 0 Å². The predicted octanol–water partition coefficient (Wildman–Crippen LogP) is 3.08. The van der Waals surface area contributed by atoms with Crippen LogP contribution in [0.4, 0.5) is 0 Å². The Bertz CT molecular complexity index is 422. The first-order valence-electron chi connectivity index (χ1n) is 6.22. The molecule has 1 aromatic carbocycles.